The van der Waals surface area contributed by atoms with Gasteiger partial charge in [0.25, 0.3) is 5.91 Å². The molecule has 0 saturated carbocycles. The second-order valence-corrected chi connectivity index (χ2v) is 7.29. The van der Waals surface area contributed by atoms with E-state index in [1.165, 1.54) is 0 Å². The van der Waals surface area contributed by atoms with Gasteiger partial charge in [0, 0.05) is 16.5 Å². The summed E-state index contributed by atoms with van der Waals surface area (Å²) in [4.78, 5) is 15.9. The Morgan fingerprint density at radius 2 is 1.96 bits per heavy atom. The Bertz CT molecular complexity index is 966. The molecule has 0 atom stereocenters. The summed E-state index contributed by atoms with van der Waals surface area (Å²) in [7, 11) is 0. The maximum Gasteiger partial charge on any atom is 0.276 e. The van der Waals surface area contributed by atoms with E-state index in [1.807, 2.05) is 60.8 Å². The lowest BCUT2D eigenvalue weighted by atomic mass is 10.1. The minimum atomic E-state index is -0.193. The largest absolute Gasteiger partial charge is 0.467 e. The highest BCUT2D eigenvalue weighted by Crippen LogP contribution is 2.23. The Morgan fingerprint density at radius 1 is 1.11 bits per heavy atom. The highest BCUT2D eigenvalue weighted by molar-refractivity contribution is 7.09. The third-order valence-corrected chi connectivity index (χ3v) is 5.07. The van der Waals surface area contributed by atoms with E-state index >= 15 is 0 Å². The summed E-state index contributed by atoms with van der Waals surface area (Å²) < 4.78 is 10.8. The van der Waals surface area contributed by atoms with Gasteiger partial charge in [-0.2, -0.15) is 0 Å². The average Bonchev–Trinajstić information content (AvgIpc) is 3.44. The minimum Gasteiger partial charge on any atom is -0.467 e. The van der Waals surface area contributed by atoms with Gasteiger partial charge in [-0.15, -0.1) is 11.3 Å². The normalized spacial score (nSPS) is 10.9. The number of benzene rings is 1. The summed E-state index contributed by atoms with van der Waals surface area (Å²) in [6.45, 7) is 2.89. The number of amides is 1. The maximum absolute atomic E-state index is 13.1. The molecule has 0 aliphatic heterocycles. The van der Waals surface area contributed by atoms with E-state index in [0.717, 1.165) is 21.8 Å². The van der Waals surface area contributed by atoms with E-state index in [-0.39, 0.29) is 11.6 Å². The molecule has 0 spiro atoms. The molecule has 0 bridgehead atoms. The van der Waals surface area contributed by atoms with Crippen LogP contribution in [0.25, 0.3) is 11.3 Å². The van der Waals surface area contributed by atoms with Crippen LogP contribution in [0.2, 0.25) is 0 Å². The monoisotopic (exact) mass is 378 g/mol. The van der Waals surface area contributed by atoms with Crippen molar-refractivity contribution >= 4 is 17.2 Å². The van der Waals surface area contributed by atoms with Crippen LogP contribution in [0.4, 0.5) is 0 Å². The Hall–Kier alpha value is -3.12. The molecule has 0 unspecified atom stereocenters. The van der Waals surface area contributed by atoms with Gasteiger partial charge >= 0.3 is 0 Å². The van der Waals surface area contributed by atoms with Crippen LogP contribution in [0.15, 0.2) is 75.2 Å². The van der Waals surface area contributed by atoms with Gasteiger partial charge in [0.15, 0.2) is 11.5 Å². The number of nitrogens with zero attached hydrogens (tertiary/aromatic N) is 2. The third kappa shape index (κ3) is 4.01. The number of thiophene rings is 1. The predicted octanol–water partition coefficient (Wildman–Crippen LogP) is 5.15. The molecule has 27 heavy (non-hydrogen) atoms. The van der Waals surface area contributed by atoms with Crippen LogP contribution in [-0.4, -0.2) is 16.0 Å². The molecule has 4 aromatic rings. The van der Waals surface area contributed by atoms with Gasteiger partial charge in [-0.05, 0) is 30.5 Å². The molecule has 3 aromatic heterocycles. The molecule has 1 amide bonds. The zero-order chi connectivity index (χ0) is 18.6. The molecule has 1 aromatic carbocycles. The molecule has 0 N–H and O–H groups in total. The molecule has 0 aliphatic carbocycles. The standard InChI is InChI=1S/C21H18N2O3S/c1-15-6-8-16(9-7-15)20-12-19(22-26-20)21(24)23(13-17-4-2-10-25-17)14-18-5-3-11-27-18/h2-12H,13-14H2,1H3. The van der Waals surface area contributed by atoms with E-state index in [4.69, 9.17) is 8.94 Å². The molecule has 0 saturated heterocycles. The molecular weight excluding hydrogens is 360 g/mol. The molecule has 3 heterocycles. The number of aromatic nitrogens is 1. The zero-order valence-electron chi connectivity index (χ0n) is 14.8. The Morgan fingerprint density at radius 3 is 2.67 bits per heavy atom. The van der Waals surface area contributed by atoms with E-state index in [2.05, 4.69) is 5.16 Å². The summed E-state index contributed by atoms with van der Waals surface area (Å²) in [5.41, 5.74) is 2.34. The van der Waals surface area contributed by atoms with Crippen molar-refractivity contribution in [3.8, 4) is 11.3 Å². The summed E-state index contributed by atoms with van der Waals surface area (Å²) in [5.74, 6) is 1.11. The topological polar surface area (TPSA) is 59.5 Å². The lowest BCUT2D eigenvalue weighted by Gasteiger charge is -2.19. The van der Waals surface area contributed by atoms with Gasteiger partial charge in [-0.25, -0.2) is 0 Å². The predicted molar refractivity (Wildman–Crippen MR) is 103 cm³/mol. The average molecular weight is 378 g/mol. The van der Waals surface area contributed by atoms with Gasteiger partial charge in [0.1, 0.15) is 5.76 Å². The van der Waals surface area contributed by atoms with Crippen molar-refractivity contribution < 1.29 is 13.7 Å². The quantitative estimate of drug-likeness (QED) is 0.466. The number of carbonyl (C=O) groups is 1. The van der Waals surface area contributed by atoms with Crippen LogP contribution in [-0.2, 0) is 13.1 Å². The molecule has 0 fully saturated rings. The number of hydrogen-bond donors (Lipinski definition) is 0. The first-order chi connectivity index (χ1) is 13.2. The van der Waals surface area contributed by atoms with E-state index in [1.54, 1.807) is 28.6 Å². The summed E-state index contributed by atoms with van der Waals surface area (Å²) >= 11 is 1.61. The van der Waals surface area contributed by atoms with Gasteiger partial charge in [0.05, 0.1) is 19.4 Å². The van der Waals surface area contributed by atoms with Crippen molar-refractivity contribution in [1.82, 2.24) is 10.1 Å². The first-order valence-corrected chi connectivity index (χ1v) is 9.45. The molecule has 6 heteroatoms. The fourth-order valence-corrected chi connectivity index (χ4v) is 3.49. The Balaban J connectivity index is 1.58. The number of carbonyl (C=O) groups excluding carboxylic acids is 1. The summed E-state index contributed by atoms with van der Waals surface area (Å²) in [5, 5.41) is 6.00. The lowest BCUT2D eigenvalue weighted by Crippen LogP contribution is -2.29. The summed E-state index contributed by atoms with van der Waals surface area (Å²) in [6.07, 6.45) is 1.61. The van der Waals surface area contributed by atoms with Crippen molar-refractivity contribution in [2.75, 3.05) is 0 Å². The van der Waals surface area contributed by atoms with Crippen molar-refractivity contribution in [3.05, 3.63) is 88.1 Å². The Labute approximate surface area is 160 Å². The zero-order valence-corrected chi connectivity index (χ0v) is 15.6. The Kier molecular flexibility index (Phi) is 4.89. The smallest absolute Gasteiger partial charge is 0.276 e. The summed E-state index contributed by atoms with van der Waals surface area (Å²) in [6, 6.07) is 17.3. The number of rotatable bonds is 6. The van der Waals surface area contributed by atoms with E-state index in [9.17, 15) is 4.79 Å². The van der Waals surface area contributed by atoms with E-state index < -0.39 is 0 Å². The third-order valence-electron chi connectivity index (χ3n) is 4.21. The van der Waals surface area contributed by atoms with Crippen molar-refractivity contribution in [3.63, 3.8) is 0 Å². The molecule has 0 radical (unpaired) electrons. The molecule has 4 rings (SSSR count). The maximum atomic E-state index is 13.1. The highest BCUT2D eigenvalue weighted by atomic mass is 32.1. The first kappa shape index (κ1) is 17.3. The van der Waals surface area contributed by atoms with E-state index in [0.29, 0.717) is 18.8 Å². The SMILES string of the molecule is Cc1ccc(-c2cc(C(=O)N(Cc3ccco3)Cc3cccs3)no2)cc1. The molecule has 0 aliphatic rings. The highest BCUT2D eigenvalue weighted by Gasteiger charge is 2.22. The van der Waals surface area contributed by atoms with Gasteiger partial charge in [-0.3, -0.25) is 4.79 Å². The van der Waals surface area contributed by atoms with Crippen molar-refractivity contribution in [1.29, 1.82) is 0 Å². The van der Waals surface area contributed by atoms with Crippen molar-refractivity contribution in [2.45, 2.75) is 20.0 Å². The fourth-order valence-electron chi connectivity index (χ4n) is 2.77. The number of hydrogen-bond acceptors (Lipinski definition) is 5. The second-order valence-electron chi connectivity index (χ2n) is 6.26. The van der Waals surface area contributed by atoms with Crippen LogP contribution in [0.3, 0.4) is 0 Å². The van der Waals surface area contributed by atoms with Crippen LogP contribution >= 0.6 is 11.3 Å². The van der Waals surface area contributed by atoms with Crippen LogP contribution < -0.4 is 0 Å². The molecule has 136 valence electrons. The van der Waals surface area contributed by atoms with Crippen LogP contribution in [0.5, 0.6) is 0 Å². The van der Waals surface area contributed by atoms with Gasteiger partial charge in [0.2, 0.25) is 0 Å². The van der Waals surface area contributed by atoms with Gasteiger partial charge in [-0.1, -0.05) is 41.1 Å². The second kappa shape index (κ2) is 7.63. The lowest BCUT2D eigenvalue weighted by molar-refractivity contribution is 0.0709. The first-order valence-electron chi connectivity index (χ1n) is 8.57. The number of furan rings is 1. The van der Waals surface area contributed by atoms with Crippen LogP contribution in [0.1, 0.15) is 26.7 Å². The van der Waals surface area contributed by atoms with Crippen molar-refractivity contribution in [2.24, 2.45) is 0 Å². The van der Waals surface area contributed by atoms with Crippen LogP contribution in [0, 0.1) is 6.92 Å². The number of aryl methyl sites for hydroxylation is 1. The molecule has 5 nitrogen and oxygen atoms in total. The molecular formula is C21H18N2O3S. The minimum absolute atomic E-state index is 0.193. The fraction of sp³-hybridized carbons (Fsp3) is 0.143. The van der Waals surface area contributed by atoms with Gasteiger partial charge < -0.3 is 13.8 Å².